The number of benzene rings is 1. The van der Waals surface area contributed by atoms with Crippen molar-refractivity contribution in [2.24, 2.45) is 5.73 Å². The highest BCUT2D eigenvalue weighted by molar-refractivity contribution is 5.68. The zero-order valence-corrected chi connectivity index (χ0v) is 8.75. The molecule has 0 aromatic heterocycles. The van der Waals surface area contributed by atoms with Crippen LogP contribution in [0.25, 0.3) is 0 Å². The summed E-state index contributed by atoms with van der Waals surface area (Å²) in [5, 5.41) is 8.61. The highest BCUT2D eigenvalue weighted by atomic mass is 19.1. The largest absolute Gasteiger partial charge is 0.481 e. The third kappa shape index (κ3) is 2.76. The van der Waals surface area contributed by atoms with Gasteiger partial charge in [0.2, 0.25) is 0 Å². The van der Waals surface area contributed by atoms with E-state index in [2.05, 4.69) is 0 Å². The Bertz CT molecular complexity index is 390. The number of aryl methyl sites for hydroxylation is 2. The lowest BCUT2D eigenvalue weighted by molar-refractivity contribution is -0.137. The van der Waals surface area contributed by atoms with Gasteiger partial charge < -0.3 is 10.8 Å². The van der Waals surface area contributed by atoms with E-state index in [1.165, 1.54) is 6.07 Å². The molecule has 0 radical (unpaired) electrons. The summed E-state index contributed by atoms with van der Waals surface area (Å²) in [4.78, 5) is 10.5. The molecule has 0 spiro atoms. The summed E-state index contributed by atoms with van der Waals surface area (Å²) >= 11 is 0. The monoisotopic (exact) mass is 211 g/mol. The maximum atomic E-state index is 13.1. The Morgan fingerprint density at radius 2 is 2.07 bits per heavy atom. The number of hydrogen-bond acceptors (Lipinski definition) is 2. The Balaban J connectivity index is 3.03. The molecule has 4 heteroatoms. The number of rotatable bonds is 3. The molecule has 0 amide bonds. The van der Waals surface area contributed by atoms with Crippen molar-refractivity contribution in [2.45, 2.75) is 26.3 Å². The number of carbonyl (C=O) groups is 1. The molecule has 1 aromatic carbocycles. The molecule has 0 heterocycles. The first-order valence-electron chi connectivity index (χ1n) is 4.66. The fourth-order valence-electron chi connectivity index (χ4n) is 1.50. The van der Waals surface area contributed by atoms with E-state index in [9.17, 15) is 9.18 Å². The Kier molecular flexibility index (Phi) is 3.42. The topological polar surface area (TPSA) is 63.3 Å². The Morgan fingerprint density at radius 3 is 2.60 bits per heavy atom. The van der Waals surface area contributed by atoms with Crippen molar-refractivity contribution in [3.8, 4) is 0 Å². The minimum Gasteiger partial charge on any atom is -0.481 e. The van der Waals surface area contributed by atoms with Crippen molar-refractivity contribution in [1.82, 2.24) is 0 Å². The minimum absolute atomic E-state index is 0.147. The van der Waals surface area contributed by atoms with Gasteiger partial charge in [0.05, 0.1) is 6.42 Å². The summed E-state index contributed by atoms with van der Waals surface area (Å²) in [5.41, 5.74) is 7.57. The molecule has 0 saturated heterocycles. The lowest BCUT2D eigenvalue weighted by atomic mass is 9.97. The Hall–Kier alpha value is -1.42. The van der Waals surface area contributed by atoms with Crippen LogP contribution in [-0.4, -0.2) is 11.1 Å². The predicted molar refractivity (Wildman–Crippen MR) is 55.1 cm³/mol. The van der Waals surface area contributed by atoms with Gasteiger partial charge in [0, 0.05) is 6.04 Å². The SMILES string of the molecule is Cc1cc(C(N)CC(=O)O)c(C)cc1F. The molecule has 0 aliphatic rings. The number of aliphatic carboxylic acids is 1. The maximum Gasteiger partial charge on any atom is 0.305 e. The first-order valence-corrected chi connectivity index (χ1v) is 4.66. The second-order valence-electron chi connectivity index (χ2n) is 3.66. The fourth-order valence-corrected chi connectivity index (χ4v) is 1.50. The predicted octanol–water partition coefficient (Wildman–Crippen LogP) is 1.92. The van der Waals surface area contributed by atoms with Crippen LogP contribution >= 0.6 is 0 Å². The van der Waals surface area contributed by atoms with E-state index in [0.717, 1.165) is 0 Å². The van der Waals surface area contributed by atoms with E-state index in [1.807, 2.05) is 0 Å². The van der Waals surface area contributed by atoms with Crippen LogP contribution in [0.15, 0.2) is 12.1 Å². The Morgan fingerprint density at radius 1 is 1.47 bits per heavy atom. The molecule has 15 heavy (non-hydrogen) atoms. The molecular weight excluding hydrogens is 197 g/mol. The molecule has 0 aliphatic carbocycles. The van der Waals surface area contributed by atoms with Gasteiger partial charge in [-0.1, -0.05) is 6.07 Å². The van der Waals surface area contributed by atoms with Gasteiger partial charge in [-0.15, -0.1) is 0 Å². The average molecular weight is 211 g/mol. The van der Waals surface area contributed by atoms with Crippen LogP contribution in [0.3, 0.4) is 0 Å². The average Bonchev–Trinajstić information content (AvgIpc) is 2.09. The van der Waals surface area contributed by atoms with Crippen LogP contribution in [0.5, 0.6) is 0 Å². The third-order valence-electron chi connectivity index (χ3n) is 2.34. The van der Waals surface area contributed by atoms with Gasteiger partial charge in [0.1, 0.15) is 5.82 Å². The molecule has 82 valence electrons. The van der Waals surface area contributed by atoms with Crippen molar-refractivity contribution < 1.29 is 14.3 Å². The number of carboxylic acid groups (broad SMARTS) is 1. The van der Waals surface area contributed by atoms with E-state index < -0.39 is 12.0 Å². The second-order valence-corrected chi connectivity index (χ2v) is 3.66. The molecule has 0 aliphatic heterocycles. The highest BCUT2D eigenvalue weighted by Crippen LogP contribution is 2.21. The highest BCUT2D eigenvalue weighted by Gasteiger charge is 2.14. The van der Waals surface area contributed by atoms with E-state index >= 15 is 0 Å². The molecule has 0 bridgehead atoms. The molecular formula is C11H14FNO2. The van der Waals surface area contributed by atoms with E-state index in [4.69, 9.17) is 10.8 Å². The summed E-state index contributed by atoms with van der Waals surface area (Å²) in [7, 11) is 0. The van der Waals surface area contributed by atoms with Gasteiger partial charge in [-0.2, -0.15) is 0 Å². The quantitative estimate of drug-likeness (QED) is 0.802. The number of hydrogen-bond donors (Lipinski definition) is 2. The van der Waals surface area contributed by atoms with Crippen molar-refractivity contribution in [2.75, 3.05) is 0 Å². The fraction of sp³-hybridized carbons (Fsp3) is 0.364. The summed E-state index contributed by atoms with van der Waals surface area (Å²) in [6.45, 7) is 3.35. The maximum absolute atomic E-state index is 13.1. The third-order valence-corrected chi connectivity index (χ3v) is 2.34. The number of carboxylic acids is 1. The van der Waals surface area contributed by atoms with Gasteiger partial charge in [-0.05, 0) is 36.6 Å². The van der Waals surface area contributed by atoms with Crippen LogP contribution < -0.4 is 5.73 Å². The smallest absolute Gasteiger partial charge is 0.305 e. The molecule has 1 rings (SSSR count). The number of nitrogens with two attached hydrogens (primary N) is 1. The molecule has 0 fully saturated rings. The Labute approximate surface area is 87.7 Å². The van der Waals surface area contributed by atoms with Crippen LogP contribution in [0, 0.1) is 19.7 Å². The summed E-state index contributed by atoms with van der Waals surface area (Å²) in [6, 6.07) is 2.41. The zero-order chi connectivity index (χ0) is 11.6. The lowest BCUT2D eigenvalue weighted by Crippen LogP contribution is -2.16. The van der Waals surface area contributed by atoms with Crippen LogP contribution in [0.4, 0.5) is 4.39 Å². The van der Waals surface area contributed by atoms with Gasteiger partial charge in [0.25, 0.3) is 0 Å². The van der Waals surface area contributed by atoms with Crippen molar-refractivity contribution >= 4 is 5.97 Å². The van der Waals surface area contributed by atoms with E-state index in [-0.39, 0.29) is 12.2 Å². The first-order chi connectivity index (χ1) is 6.91. The van der Waals surface area contributed by atoms with Gasteiger partial charge >= 0.3 is 5.97 Å². The van der Waals surface area contributed by atoms with Crippen molar-refractivity contribution in [1.29, 1.82) is 0 Å². The molecule has 1 atom stereocenters. The van der Waals surface area contributed by atoms with Crippen molar-refractivity contribution in [3.63, 3.8) is 0 Å². The second kappa shape index (κ2) is 4.40. The van der Waals surface area contributed by atoms with Gasteiger partial charge in [-0.3, -0.25) is 4.79 Å². The molecule has 1 aromatic rings. The van der Waals surface area contributed by atoms with Crippen LogP contribution in [-0.2, 0) is 4.79 Å². The standard InChI is InChI=1S/C11H14FNO2/c1-6-4-9(12)7(2)3-8(6)10(13)5-11(14)15/h3-4,10H,5,13H2,1-2H3,(H,14,15). The minimum atomic E-state index is -0.955. The number of halogens is 1. The summed E-state index contributed by atoms with van der Waals surface area (Å²) in [6.07, 6.45) is -0.147. The molecule has 3 N–H and O–H groups in total. The molecule has 0 saturated carbocycles. The van der Waals surface area contributed by atoms with Crippen molar-refractivity contribution in [3.05, 3.63) is 34.6 Å². The molecule has 1 unspecified atom stereocenters. The molecule has 3 nitrogen and oxygen atoms in total. The van der Waals surface area contributed by atoms with E-state index in [1.54, 1.807) is 19.9 Å². The normalized spacial score (nSPS) is 12.5. The first kappa shape index (κ1) is 11.7. The summed E-state index contributed by atoms with van der Waals surface area (Å²) in [5.74, 6) is -1.25. The van der Waals surface area contributed by atoms with Gasteiger partial charge in [-0.25, -0.2) is 4.39 Å². The van der Waals surface area contributed by atoms with E-state index in [0.29, 0.717) is 16.7 Å². The summed E-state index contributed by atoms with van der Waals surface area (Å²) < 4.78 is 13.1. The lowest BCUT2D eigenvalue weighted by Gasteiger charge is -2.13. The van der Waals surface area contributed by atoms with Crippen LogP contribution in [0.2, 0.25) is 0 Å². The van der Waals surface area contributed by atoms with Crippen LogP contribution in [0.1, 0.15) is 29.2 Å². The zero-order valence-electron chi connectivity index (χ0n) is 8.75. The van der Waals surface area contributed by atoms with Gasteiger partial charge in [0.15, 0.2) is 0 Å².